The number of benzene rings is 1. The van der Waals surface area contributed by atoms with Crippen LogP contribution >= 0.6 is 0 Å². The van der Waals surface area contributed by atoms with Crippen molar-refractivity contribution < 1.29 is 27.5 Å². The number of Topliss-reactive ketones (excluding diaryl/α,β-unsaturated/α-hetero) is 1. The molecule has 1 aliphatic heterocycles. The molecule has 0 aromatic heterocycles. The van der Waals surface area contributed by atoms with Crippen LogP contribution in [0.2, 0.25) is 0 Å². The average molecular weight is 410 g/mol. The van der Waals surface area contributed by atoms with Crippen molar-refractivity contribution in [1.82, 2.24) is 10.6 Å². The zero-order valence-corrected chi connectivity index (χ0v) is 16.7. The number of rotatable bonds is 10. The fourth-order valence-corrected chi connectivity index (χ4v) is 4.46. The molecule has 1 atom stereocenters. The van der Waals surface area contributed by atoms with E-state index >= 15 is 0 Å². The Morgan fingerprint density at radius 2 is 1.82 bits per heavy atom. The highest BCUT2D eigenvalue weighted by Gasteiger charge is 2.28. The Labute approximate surface area is 164 Å². The summed E-state index contributed by atoms with van der Waals surface area (Å²) in [6.45, 7) is 2.37. The van der Waals surface area contributed by atoms with Gasteiger partial charge in [-0.1, -0.05) is 6.92 Å². The molecule has 2 rings (SSSR count). The predicted molar refractivity (Wildman–Crippen MR) is 104 cm³/mol. The van der Waals surface area contributed by atoms with Gasteiger partial charge in [0.2, 0.25) is 11.8 Å². The third-order valence-corrected chi connectivity index (χ3v) is 6.04. The van der Waals surface area contributed by atoms with Gasteiger partial charge in [-0.05, 0) is 37.1 Å². The first-order valence-electron chi connectivity index (χ1n) is 9.31. The summed E-state index contributed by atoms with van der Waals surface area (Å²) in [6, 6.07) is 6.36. The van der Waals surface area contributed by atoms with Gasteiger partial charge in [-0.3, -0.25) is 14.4 Å². The minimum atomic E-state index is -3.07. The van der Waals surface area contributed by atoms with Gasteiger partial charge >= 0.3 is 0 Å². The first-order chi connectivity index (χ1) is 13.3. The van der Waals surface area contributed by atoms with Gasteiger partial charge in [-0.15, -0.1) is 0 Å². The Balaban J connectivity index is 1.67. The first-order valence-corrected chi connectivity index (χ1v) is 11.1. The molecule has 1 saturated heterocycles. The Morgan fingerprint density at radius 1 is 1.11 bits per heavy atom. The van der Waals surface area contributed by atoms with Crippen molar-refractivity contribution >= 4 is 27.4 Å². The number of amides is 2. The number of hydrogen-bond acceptors (Lipinski definition) is 6. The van der Waals surface area contributed by atoms with Gasteiger partial charge in [0.05, 0.1) is 24.7 Å². The van der Waals surface area contributed by atoms with Crippen LogP contribution in [0.15, 0.2) is 24.3 Å². The lowest BCUT2D eigenvalue weighted by molar-refractivity contribution is -0.126. The number of nitrogens with one attached hydrogen (secondary N) is 2. The van der Waals surface area contributed by atoms with E-state index in [1.54, 1.807) is 24.3 Å². The molecule has 2 amide bonds. The highest BCUT2D eigenvalue weighted by molar-refractivity contribution is 7.91. The lowest BCUT2D eigenvalue weighted by Crippen LogP contribution is -2.42. The van der Waals surface area contributed by atoms with Crippen LogP contribution in [0.1, 0.15) is 43.0 Å². The van der Waals surface area contributed by atoms with Crippen molar-refractivity contribution in [2.75, 3.05) is 24.7 Å². The van der Waals surface area contributed by atoms with Crippen molar-refractivity contribution in [3.63, 3.8) is 0 Å². The third-order valence-electron chi connectivity index (χ3n) is 4.27. The molecule has 0 aliphatic carbocycles. The van der Waals surface area contributed by atoms with Crippen LogP contribution in [0, 0.1) is 0 Å². The summed E-state index contributed by atoms with van der Waals surface area (Å²) in [5, 5.41) is 5.03. The molecule has 0 saturated carbocycles. The zero-order chi connectivity index (χ0) is 20.6. The molecule has 0 radical (unpaired) electrons. The van der Waals surface area contributed by atoms with Crippen molar-refractivity contribution in [3.8, 4) is 5.75 Å². The normalized spacial score (nSPS) is 17.7. The number of ketones is 1. The van der Waals surface area contributed by atoms with E-state index < -0.39 is 27.7 Å². The molecule has 8 nitrogen and oxygen atoms in total. The van der Waals surface area contributed by atoms with Crippen LogP contribution in [-0.2, 0) is 19.4 Å². The molecule has 1 aromatic rings. The van der Waals surface area contributed by atoms with Crippen molar-refractivity contribution in [1.29, 1.82) is 0 Å². The third kappa shape index (κ3) is 7.30. The van der Waals surface area contributed by atoms with E-state index in [1.807, 2.05) is 6.92 Å². The number of carbonyl (C=O) groups is 3. The fourth-order valence-electron chi connectivity index (χ4n) is 2.78. The maximum absolute atomic E-state index is 12.1. The van der Waals surface area contributed by atoms with Gasteiger partial charge in [0.1, 0.15) is 5.75 Å². The van der Waals surface area contributed by atoms with Crippen LogP contribution in [0.4, 0.5) is 0 Å². The maximum Gasteiger partial charge on any atom is 0.239 e. The summed E-state index contributed by atoms with van der Waals surface area (Å²) in [6.07, 6.45) is 1.29. The van der Waals surface area contributed by atoms with Crippen molar-refractivity contribution in [2.24, 2.45) is 0 Å². The smallest absolute Gasteiger partial charge is 0.239 e. The lowest BCUT2D eigenvalue weighted by Gasteiger charge is -2.11. The Kier molecular flexibility index (Phi) is 7.98. The minimum Gasteiger partial charge on any atom is -0.494 e. The van der Waals surface area contributed by atoms with E-state index in [9.17, 15) is 22.8 Å². The summed E-state index contributed by atoms with van der Waals surface area (Å²) in [7, 11) is -3.07. The molecular weight excluding hydrogens is 384 g/mol. The predicted octanol–water partition coefficient (Wildman–Crippen LogP) is 0.858. The highest BCUT2D eigenvalue weighted by atomic mass is 32.2. The molecule has 2 N–H and O–H groups in total. The Hall–Kier alpha value is -2.42. The molecule has 154 valence electrons. The number of sulfone groups is 1. The molecule has 1 fully saturated rings. The molecule has 1 aliphatic rings. The van der Waals surface area contributed by atoms with Crippen LogP contribution in [0.3, 0.4) is 0 Å². The Bertz CT molecular complexity index is 804. The van der Waals surface area contributed by atoms with Gasteiger partial charge in [0.15, 0.2) is 15.6 Å². The van der Waals surface area contributed by atoms with E-state index in [1.165, 1.54) is 0 Å². The second kappa shape index (κ2) is 10.2. The van der Waals surface area contributed by atoms with Crippen molar-refractivity contribution in [3.05, 3.63) is 29.8 Å². The van der Waals surface area contributed by atoms with Crippen LogP contribution < -0.4 is 15.4 Å². The van der Waals surface area contributed by atoms with Gasteiger partial charge in [0.25, 0.3) is 0 Å². The van der Waals surface area contributed by atoms with Gasteiger partial charge in [-0.2, -0.15) is 0 Å². The minimum absolute atomic E-state index is 0.0298. The quantitative estimate of drug-likeness (QED) is 0.552. The van der Waals surface area contributed by atoms with Gasteiger partial charge in [-0.25, -0.2) is 8.42 Å². The van der Waals surface area contributed by atoms with E-state index in [-0.39, 0.29) is 36.7 Å². The Morgan fingerprint density at radius 3 is 2.43 bits per heavy atom. The van der Waals surface area contributed by atoms with Crippen LogP contribution in [0.5, 0.6) is 5.75 Å². The van der Waals surface area contributed by atoms with Crippen molar-refractivity contribution in [2.45, 2.75) is 38.6 Å². The zero-order valence-electron chi connectivity index (χ0n) is 15.9. The summed E-state index contributed by atoms with van der Waals surface area (Å²) >= 11 is 0. The molecule has 1 aromatic carbocycles. The van der Waals surface area contributed by atoms with E-state index in [4.69, 9.17) is 4.74 Å². The second-order valence-corrected chi connectivity index (χ2v) is 8.97. The SMILES string of the molecule is CCCOc1ccc(C(=O)CCC(=O)NCC(=O)N[C@@H]2CCS(=O)(=O)C2)cc1. The molecule has 1 heterocycles. The summed E-state index contributed by atoms with van der Waals surface area (Å²) in [4.78, 5) is 35.8. The summed E-state index contributed by atoms with van der Waals surface area (Å²) < 4.78 is 28.2. The topological polar surface area (TPSA) is 119 Å². The first kappa shape index (κ1) is 21.9. The van der Waals surface area contributed by atoms with Gasteiger partial charge < -0.3 is 15.4 Å². The fraction of sp³-hybridized carbons (Fsp3) is 0.526. The van der Waals surface area contributed by atoms with Gasteiger partial charge in [0, 0.05) is 24.4 Å². The molecule has 28 heavy (non-hydrogen) atoms. The number of ether oxygens (including phenoxy) is 1. The molecule has 0 spiro atoms. The summed E-state index contributed by atoms with van der Waals surface area (Å²) in [5.74, 6) is -0.327. The summed E-state index contributed by atoms with van der Waals surface area (Å²) in [5.41, 5.74) is 0.497. The molecule has 0 unspecified atom stereocenters. The monoisotopic (exact) mass is 410 g/mol. The molecule has 9 heteroatoms. The van der Waals surface area contributed by atoms with E-state index in [0.717, 1.165) is 6.42 Å². The largest absolute Gasteiger partial charge is 0.494 e. The second-order valence-electron chi connectivity index (χ2n) is 6.74. The maximum atomic E-state index is 12.1. The highest BCUT2D eigenvalue weighted by Crippen LogP contribution is 2.14. The number of carbonyl (C=O) groups excluding carboxylic acids is 3. The van der Waals surface area contributed by atoms with E-state index in [0.29, 0.717) is 24.3 Å². The average Bonchev–Trinajstić information content (AvgIpc) is 3.01. The van der Waals surface area contributed by atoms with Crippen LogP contribution in [0.25, 0.3) is 0 Å². The lowest BCUT2D eigenvalue weighted by atomic mass is 10.1. The number of hydrogen-bond donors (Lipinski definition) is 2. The molecule has 0 bridgehead atoms. The van der Waals surface area contributed by atoms with E-state index in [2.05, 4.69) is 10.6 Å². The standard InChI is InChI=1S/C19H26N2O6S/c1-2-10-27-16-5-3-14(4-6-16)17(22)7-8-18(23)20-12-19(24)21-15-9-11-28(25,26)13-15/h3-6,15H,2,7-13H2,1H3,(H,20,23)(H,21,24)/t15-/m1/s1. The van der Waals surface area contributed by atoms with Crippen LogP contribution in [-0.4, -0.2) is 56.7 Å². The molecular formula is C19H26N2O6S.